The van der Waals surface area contributed by atoms with Crippen molar-refractivity contribution in [3.8, 4) is 0 Å². The first-order valence-corrected chi connectivity index (χ1v) is 6.67. The normalized spacial score (nSPS) is 12.3. The number of rotatable bonds is 3. The van der Waals surface area contributed by atoms with Gasteiger partial charge in [0.15, 0.2) is 0 Å². The molecule has 0 spiro atoms. The van der Waals surface area contributed by atoms with Gasteiger partial charge in [0.25, 0.3) is 5.91 Å². The lowest BCUT2D eigenvalue weighted by atomic mass is 10.2. The Morgan fingerprint density at radius 3 is 2.90 bits per heavy atom. The van der Waals surface area contributed by atoms with Gasteiger partial charge in [-0.2, -0.15) is 0 Å². The SMILES string of the molecule is Cc1ncncc1C(=O)NC(C)c1nc2ccccc2[nH]1. The van der Waals surface area contributed by atoms with E-state index in [4.69, 9.17) is 0 Å². The van der Waals surface area contributed by atoms with Gasteiger partial charge in [-0.3, -0.25) is 4.79 Å². The average Bonchev–Trinajstić information content (AvgIpc) is 2.91. The summed E-state index contributed by atoms with van der Waals surface area (Å²) >= 11 is 0. The van der Waals surface area contributed by atoms with Gasteiger partial charge >= 0.3 is 0 Å². The molecule has 3 aromatic rings. The molecule has 0 saturated heterocycles. The first-order chi connectivity index (χ1) is 10.1. The van der Waals surface area contributed by atoms with Gasteiger partial charge in [-0.25, -0.2) is 15.0 Å². The number of benzene rings is 1. The number of aryl methyl sites for hydroxylation is 1. The molecule has 6 heteroatoms. The lowest BCUT2D eigenvalue weighted by Crippen LogP contribution is -2.28. The molecule has 21 heavy (non-hydrogen) atoms. The van der Waals surface area contributed by atoms with Crippen LogP contribution in [0.15, 0.2) is 36.8 Å². The number of carbonyl (C=O) groups excluding carboxylic acids is 1. The van der Waals surface area contributed by atoms with Crippen LogP contribution in [0.4, 0.5) is 0 Å². The van der Waals surface area contributed by atoms with Crippen molar-refractivity contribution in [1.29, 1.82) is 0 Å². The highest BCUT2D eigenvalue weighted by atomic mass is 16.1. The van der Waals surface area contributed by atoms with Crippen molar-refractivity contribution in [3.05, 3.63) is 53.9 Å². The number of carbonyl (C=O) groups is 1. The number of hydrogen-bond acceptors (Lipinski definition) is 4. The molecular weight excluding hydrogens is 266 g/mol. The van der Waals surface area contributed by atoms with Crippen molar-refractivity contribution < 1.29 is 4.79 Å². The van der Waals surface area contributed by atoms with E-state index in [1.807, 2.05) is 31.2 Å². The average molecular weight is 281 g/mol. The third-order valence-corrected chi connectivity index (χ3v) is 3.32. The minimum atomic E-state index is -0.232. The molecule has 0 aliphatic rings. The number of aromatic amines is 1. The lowest BCUT2D eigenvalue weighted by molar-refractivity contribution is 0.0937. The molecule has 1 aromatic carbocycles. The van der Waals surface area contributed by atoms with Crippen LogP contribution in [0, 0.1) is 6.92 Å². The molecular formula is C15H15N5O. The summed E-state index contributed by atoms with van der Waals surface area (Å²) in [6.07, 6.45) is 2.94. The van der Waals surface area contributed by atoms with E-state index >= 15 is 0 Å². The smallest absolute Gasteiger partial charge is 0.255 e. The fourth-order valence-corrected chi connectivity index (χ4v) is 2.13. The van der Waals surface area contributed by atoms with Crippen molar-refractivity contribution in [3.63, 3.8) is 0 Å². The summed E-state index contributed by atoms with van der Waals surface area (Å²) in [5.74, 6) is 0.514. The predicted molar refractivity (Wildman–Crippen MR) is 78.7 cm³/mol. The van der Waals surface area contributed by atoms with Crippen LogP contribution in [0.1, 0.15) is 34.8 Å². The summed E-state index contributed by atoms with van der Waals surface area (Å²) in [5, 5.41) is 2.90. The molecule has 106 valence electrons. The molecule has 1 atom stereocenters. The Labute approximate surface area is 121 Å². The third kappa shape index (κ3) is 2.60. The maximum Gasteiger partial charge on any atom is 0.255 e. The first kappa shape index (κ1) is 13.2. The number of H-pyrrole nitrogens is 1. The van der Waals surface area contributed by atoms with E-state index in [-0.39, 0.29) is 11.9 Å². The van der Waals surface area contributed by atoms with Crippen molar-refractivity contribution in [2.75, 3.05) is 0 Å². The number of fused-ring (bicyclic) bond motifs is 1. The molecule has 2 N–H and O–H groups in total. The van der Waals surface area contributed by atoms with Crippen LogP contribution in [0.25, 0.3) is 11.0 Å². The fourth-order valence-electron chi connectivity index (χ4n) is 2.13. The number of nitrogens with zero attached hydrogens (tertiary/aromatic N) is 3. The molecule has 0 radical (unpaired) electrons. The summed E-state index contributed by atoms with van der Waals surface area (Å²) < 4.78 is 0. The standard InChI is InChI=1S/C15H15N5O/c1-9-11(7-16-8-17-9)15(21)18-10(2)14-19-12-5-3-4-6-13(12)20-14/h3-8,10H,1-2H3,(H,18,21)(H,19,20). The Hall–Kier alpha value is -2.76. The van der Waals surface area contributed by atoms with Crippen LogP contribution in [-0.2, 0) is 0 Å². The second kappa shape index (κ2) is 5.32. The predicted octanol–water partition coefficient (Wildman–Crippen LogP) is 2.15. The third-order valence-electron chi connectivity index (χ3n) is 3.32. The number of amides is 1. The van der Waals surface area contributed by atoms with Gasteiger partial charge in [-0.1, -0.05) is 12.1 Å². The Bertz CT molecular complexity index is 762. The molecule has 0 saturated carbocycles. The number of aromatic nitrogens is 4. The summed E-state index contributed by atoms with van der Waals surface area (Å²) in [7, 11) is 0. The summed E-state index contributed by atoms with van der Waals surface area (Å²) in [6, 6.07) is 7.53. The monoisotopic (exact) mass is 281 g/mol. The van der Waals surface area contributed by atoms with Crippen LogP contribution >= 0.6 is 0 Å². The molecule has 0 aliphatic carbocycles. The van der Waals surface area contributed by atoms with Crippen molar-refractivity contribution in [2.24, 2.45) is 0 Å². The highest BCUT2D eigenvalue weighted by molar-refractivity contribution is 5.95. The van der Waals surface area contributed by atoms with Crippen molar-refractivity contribution >= 4 is 16.9 Å². The van der Waals surface area contributed by atoms with Crippen LogP contribution < -0.4 is 5.32 Å². The highest BCUT2D eigenvalue weighted by Gasteiger charge is 2.16. The largest absolute Gasteiger partial charge is 0.342 e. The van der Waals surface area contributed by atoms with Gasteiger partial charge in [0.05, 0.1) is 28.3 Å². The maximum atomic E-state index is 12.2. The van der Waals surface area contributed by atoms with Gasteiger partial charge in [0.2, 0.25) is 0 Å². The van der Waals surface area contributed by atoms with E-state index in [9.17, 15) is 4.79 Å². The van der Waals surface area contributed by atoms with E-state index in [1.165, 1.54) is 12.5 Å². The molecule has 0 aliphatic heterocycles. The van der Waals surface area contributed by atoms with Crippen LogP contribution in [-0.4, -0.2) is 25.8 Å². The topological polar surface area (TPSA) is 83.6 Å². The maximum absolute atomic E-state index is 12.2. The van der Waals surface area contributed by atoms with E-state index in [0.717, 1.165) is 16.9 Å². The highest BCUT2D eigenvalue weighted by Crippen LogP contribution is 2.16. The summed E-state index contributed by atoms with van der Waals surface area (Å²) in [4.78, 5) is 27.8. The Morgan fingerprint density at radius 2 is 2.14 bits per heavy atom. The molecule has 2 heterocycles. The lowest BCUT2D eigenvalue weighted by Gasteiger charge is -2.12. The van der Waals surface area contributed by atoms with Gasteiger partial charge in [-0.15, -0.1) is 0 Å². The van der Waals surface area contributed by atoms with Crippen LogP contribution in [0.3, 0.4) is 0 Å². The Balaban J connectivity index is 1.81. The zero-order valence-electron chi connectivity index (χ0n) is 11.8. The van der Waals surface area contributed by atoms with Gasteiger partial charge in [0, 0.05) is 6.20 Å². The molecule has 6 nitrogen and oxygen atoms in total. The van der Waals surface area contributed by atoms with E-state index in [2.05, 4.69) is 25.3 Å². The number of hydrogen-bond donors (Lipinski definition) is 2. The molecule has 3 rings (SSSR count). The van der Waals surface area contributed by atoms with Gasteiger partial charge < -0.3 is 10.3 Å². The number of nitrogens with one attached hydrogen (secondary N) is 2. The summed E-state index contributed by atoms with van der Waals surface area (Å²) in [5.41, 5.74) is 2.96. The second-order valence-corrected chi connectivity index (χ2v) is 4.86. The molecule has 1 amide bonds. The number of para-hydroxylation sites is 2. The van der Waals surface area contributed by atoms with Crippen LogP contribution in [0.5, 0.6) is 0 Å². The first-order valence-electron chi connectivity index (χ1n) is 6.67. The summed E-state index contributed by atoms with van der Waals surface area (Å²) in [6.45, 7) is 3.66. The minimum absolute atomic E-state index is 0.207. The second-order valence-electron chi connectivity index (χ2n) is 4.86. The minimum Gasteiger partial charge on any atom is -0.342 e. The zero-order chi connectivity index (χ0) is 14.8. The van der Waals surface area contributed by atoms with Gasteiger partial charge in [0.1, 0.15) is 12.2 Å². The van der Waals surface area contributed by atoms with E-state index < -0.39 is 0 Å². The number of imidazole rings is 1. The quantitative estimate of drug-likeness (QED) is 0.770. The van der Waals surface area contributed by atoms with E-state index in [1.54, 1.807) is 6.92 Å². The van der Waals surface area contributed by atoms with E-state index in [0.29, 0.717) is 11.3 Å². The molecule has 2 aromatic heterocycles. The fraction of sp³-hybridized carbons (Fsp3) is 0.200. The Morgan fingerprint density at radius 1 is 1.33 bits per heavy atom. The van der Waals surface area contributed by atoms with Gasteiger partial charge in [-0.05, 0) is 26.0 Å². The molecule has 1 unspecified atom stereocenters. The Kier molecular flexibility index (Phi) is 3.35. The zero-order valence-corrected chi connectivity index (χ0v) is 11.8. The molecule has 0 bridgehead atoms. The van der Waals surface area contributed by atoms with Crippen LogP contribution in [0.2, 0.25) is 0 Å². The van der Waals surface area contributed by atoms with Crippen molar-refractivity contribution in [2.45, 2.75) is 19.9 Å². The van der Waals surface area contributed by atoms with Crippen molar-refractivity contribution in [1.82, 2.24) is 25.3 Å². The molecule has 0 fully saturated rings.